The number of fused-ring (bicyclic) bond motifs is 4. The van der Waals surface area contributed by atoms with Crippen LogP contribution >= 0.6 is 0 Å². The molecule has 0 heterocycles. The molecule has 0 aromatic heterocycles. The molecule has 0 bridgehead atoms. The van der Waals surface area contributed by atoms with Crippen molar-refractivity contribution >= 4 is 12.2 Å². The van der Waals surface area contributed by atoms with Gasteiger partial charge < -0.3 is 0 Å². The van der Waals surface area contributed by atoms with Gasteiger partial charge in [0, 0.05) is 0 Å². The minimum atomic E-state index is 1.09. The summed E-state index contributed by atoms with van der Waals surface area (Å²) < 4.78 is 0. The Morgan fingerprint density at radius 1 is 0.622 bits per heavy atom. The third-order valence-corrected chi connectivity index (χ3v) is 7.51. The Bertz CT molecular complexity index is 1300. The maximum atomic E-state index is 2.39. The van der Waals surface area contributed by atoms with Crippen molar-refractivity contribution in [3.8, 4) is 22.3 Å². The molecule has 194 valence electrons. The summed E-state index contributed by atoms with van der Waals surface area (Å²) >= 11 is 0. The summed E-state index contributed by atoms with van der Waals surface area (Å²) in [6, 6.07) is 9.32. The van der Waals surface area contributed by atoms with E-state index in [9.17, 15) is 0 Å². The van der Waals surface area contributed by atoms with Crippen LogP contribution in [0, 0.1) is 13.8 Å². The van der Waals surface area contributed by atoms with E-state index in [1.54, 1.807) is 0 Å². The molecule has 0 aliphatic heterocycles. The van der Waals surface area contributed by atoms with Gasteiger partial charge in [0.2, 0.25) is 0 Å². The van der Waals surface area contributed by atoms with E-state index in [-0.39, 0.29) is 0 Å². The van der Waals surface area contributed by atoms with Crippen LogP contribution in [0.3, 0.4) is 0 Å². The number of hydrogen-bond donors (Lipinski definition) is 0. The molecule has 2 aromatic rings. The fraction of sp³-hybridized carbons (Fsp3) is 0.351. The third kappa shape index (κ3) is 7.22. The van der Waals surface area contributed by atoms with Crippen molar-refractivity contribution in [2.45, 2.75) is 87.5 Å². The van der Waals surface area contributed by atoms with E-state index >= 15 is 0 Å². The normalized spacial score (nSPS) is 14.4. The van der Waals surface area contributed by atoms with Crippen LogP contribution in [0.4, 0.5) is 0 Å². The quantitative estimate of drug-likeness (QED) is 0.234. The topological polar surface area (TPSA) is 0 Å². The van der Waals surface area contributed by atoms with E-state index in [0.717, 1.165) is 32.1 Å². The summed E-state index contributed by atoms with van der Waals surface area (Å²) in [4.78, 5) is 0. The molecule has 0 radical (unpaired) electrons. The minimum absolute atomic E-state index is 1.09. The molecule has 0 amide bonds. The Hall–Kier alpha value is -3.12. The number of hydrogen-bond acceptors (Lipinski definition) is 0. The summed E-state index contributed by atoms with van der Waals surface area (Å²) in [5, 5.41) is 0. The first-order valence-electron chi connectivity index (χ1n) is 14.0. The largest absolute Gasteiger partial charge is 0.0877 e. The number of allylic oxidation sites excluding steroid dienone is 10. The van der Waals surface area contributed by atoms with E-state index in [2.05, 4.69) is 128 Å². The molecule has 0 spiro atoms. The molecule has 0 heteroatoms. The van der Waals surface area contributed by atoms with E-state index in [4.69, 9.17) is 0 Å². The molecule has 0 nitrogen and oxygen atoms in total. The van der Waals surface area contributed by atoms with Crippen LogP contribution in [0.5, 0.6) is 0 Å². The maximum Gasteiger partial charge on any atom is -0.00635 e. The lowest BCUT2D eigenvalue weighted by atomic mass is 9.73. The highest BCUT2D eigenvalue weighted by molar-refractivity contribution is 6.06. The Balaban J connectivity index is 1.75. The van der Waals surface area contributed by atoms with Gasteiger partial charge in [0.1, 0.15) is 0 Å². The second kappa shape index (κ2) is 13.4. The van der Waals surface area contributed by atoms with Crippen molar-refractivity contribution < 1.29 is 0 Å². The first-order chi connectivity index (χ1) is 17.8. The highest BCUT2D eigenvalue weighted by atomic mass is 14.3. The first kappa shape index (κ1) is 28.5. The van der Waals surface area contributed by atoms with Gasteiger partial charge in [-0.05, 0) is 125 Å². The second-order valence-electron chi connectivity index (χ2n) is 10.8. The van der Waals surface area contributed by atoms with Crippen molar-refractivity contribution in [1.29, 1.82) is 0 Å². The SMILES string of the molecule is C/C=C\C=C(/C)CC/C(C)=C/c1ccc2c(c1C)-c1ccc(/C=C(\C)CC/C(C)=C/C=C\CC)c(C)c1-2. The van der Waals surface area contributed by atoms with Gasteiger partial charge in [0.25, 0.3) is 0 Å². The van der Waals surface area contributed by atoms with E-state index in [1.165, 1.54) is 66.8 Å². The fourth-order valence-corrected chi connectivity index (χ4v) is 5.08. The molecule has 3 rings (SSSR count). The molecule has 0 saturated heterocycles. The van der Waals surface area contributed by atoms with Crippen LogP contribution in [0.15, 0.2) is 83.0 Å². The average Bonchev–Trinajstić information content (AvgIpc) is 2.86. The zero-order chi connectivity index (χ0) is 26.9. The lowest BCUT2D eigenvalue weighted by Gasteiger charge is -2.30. The van der Waals surface area contributed by atoms with E-state index in [0.29, 0.717) is 0 Å². The van der Waals surface area contributed by atoms with Gasteiger partial charge in [-0.3, -0.25) is 0 Å². The van der Waals surface area contributed by atoms with Crippen molar-refractivity contribution in [3.63, 3.8) is 0 Å². The number of benzene rings is 2. The highest BCUT2D eigenvalue weighted by Gasteiger charge is 2.27. The summed E-state index contributed by atoms with van der Waals surface area (Å²) in [5.41, 5.74) is 17.0. The minimum Gasteiger partial charge on any atom is -0.0877 e. The first-order valence-corrected chi connectivity index (χ1v) is 14.0. The van der Waals surface area contributed by atoms with Crippen LogP contribution in [-0.4, -0.2) is 0 Å². The molecule has 0 atom stereocenters. The highest BCUT2D eigenvalue weighted by Crippen LogP contribution is 2.52. The Morgan fingerprint density at radius 3 is 1.49 bits per heavy atom. The smallest absolute Gasteiger partial charge is 0.00635 e. The lowest BCUT2D eigenvalue weighted by Crippen LogP contribution is -2.06. The van der Waals surface area contributed by atoms with Crippen molar-refractivity contribution in [3.05, 3.63) is 105 Å². The summed E-state index contributed by atoms with van der Waals surface area (Å²) in [7, 11) is 0. The van der Waals surface area contributed by atoms with Crippen LogP contribution in [0.1, 0.15) is 95.9 Å². The third-order valence-electron chi connectivity index (χ3n) is 7.51. The summed E-state index contributed by atoms with van der Waals surface area (Å²) in [6.45, 7) is 17.8. The Morgan fingerprint density at radius 2 is 1.05 bits per heavy atom. The van der Waals surface area contributed by atoms with Gasteiger partial charge in [-0.2, -0.15) is 0 Å². The van der Waals surface area contributed by atoms with Crippen LogP contribution in [-0.2, 0) is 0 Å². The van der Waals surface area contributed by atoms with Crippen molar-refractivity contribution in [2.24, 2.45) is 0 Å². The van der Waals surface area contributed by atoms with Gasteiger partial charge in [-0.1, -0.05) is 102 Å². The Labute approximate surface area is 226 Å². The lowest BCUT2D eigenvalue weighted by molar-refractivity contribution is 0.930. The van der Waals surface area contributed by atoms with Crippen molar-refractivity contribution in [2.75, 3.05) is 0 Å². The van der Waals surface area contributed by atoms with Gasteiger partial charge >= 0.3 is 0 Å². The fourth-order valence-electron chi connectivity index (χ4n) is 5.08. The molecular formula is C37H46. The predicted octanol–water partition coefficient (Wildman–Crippen LogP) is 11.8. The monoisotopic (exact) mass is 490 g/mol. The standard InChI is InChI=1S/C37H46/c1-9-11-13-15-27(4)17-19-29(6)25-33-21-23-35-36-30(7)32(20-22-34(36)37(35)31(33)8)24-28(5)18-16-26(3)14-12-10-2/h10-15,20-25H,9,16-19H2,1-8H3/b12-10-,13-11-,26-14+,27-15+,28-24+,29-25+. The van der Waals surface area contributed by atoms with Gasteiger partial charge in [-0.15, -0.1) is 0 Å². The molecule has 37 heavy (non-hydrogen) atoms. The molecular weight excluding hydrogens is 444 g/mol. The molecule has 0 fully saturated rings. The molecule has 0 N–H and O–H groups in total. The molecule has 0 saturated carbocycles. The molecule has 0 unspecified atom stereocenters. The zero-order valence-electron chi connectivity index (χ0n) is 24.5. The predicted molar refractivity (Wildman–Crippen MR) is 168 cm³/mol. The molecule has 1 aliphatic carbocycles. The Kier molecular flexibility index (Phi) is 10.3. The summed E-state index contributed by atoms with van der Waals surface area (Å²) in [5.74, 6) is 0. The average molecular weight is 491 g/mol. The maximum absolute atomic E-state index is 2.39. The van der Waals surface area contributed by atoms with Crippen molar-refractivity contribution in [1.82, 2.24) is 0 Å². The second-order valence-corrected chi connectivity index (χ2v) is 10.8. The van der Waals surface area contributed by atoms with Crippen LogP contribution in [0.25, 0.3) is 34.4 Å². The van der Waals surface area contributed by atoms with Gasteiger partial charge in [0.15, 0.2) is 0 Å². The molecule has 1 aliphatic rings. The van der Waals surface area contributed by atoms with E-state index < -0.39 is 0 Å². The van der Waals surface area contributed by atoms with Gasteiger partial charge in [-0.25, -0.2) is 0 Å². The summed E-state index contributed by atoms with van der Waals surface area (Å²) in [6.07, 6.45) is 23.4. The van der Waals surface area contributed by atoms with Crippen LogP contribution < -0.4 is 0 Å². The molecule has 2 aromatic carbocycles. The number of rotatable bonds is 11. The van der Waals surface area contributed by atoms with E-state index in [1.807, 2.05) is 0 Å². The zero-order valence-corrected chi connectivity index (χ0v) is 24.5. The van der Waals surface area contributed by atoms with Crippen LogP contribution in [0.2, 0.25) is 0 Å². The van der Waals surface area contributed by atoms with Gasteiger partial charge in [0.05, 0.1) is 0 Å².